The van der Waals surface area contributed by atoms with Gasteiger partial charge in [0, 0.05) is 18.0 Å². The number of nitrogens with zero attached hydrogens (tertiary/aromatic N) is 5. The van der Waals surface area contributed by atoms with Crippen molar-refractivity contribution in [2.45, 2.75) is 36.6 Å². The van der Waals surface area contributed by atoms with Gasteiger partial charge in [0.05, 0.1) is 11.8 Å². The van der Waals surface area contributed by atoms with Crippen LogP contribution >= 0.6 is 11.8 Å². The molecule has 1 aliphatic rings. The maximum Gasteiger partial charge on any atom is 0.177 e. The molecule has 1 aromatic carbocycles. The molecule has 0 spiro atoms. The summed E-state index contributed by atoms with van der Waals surface area (Å²) in [5.41, 5.74) is 2.46. The van der Waals surface area contributed by atoms with Gasteiger partial charge in [0.15, 0.2) is 10.7 Å². The third-order valence-electron chi connectivity index (χ3n) is 4.88. The highest BCUT2D eigenvalue weighted by Crippen LogP contribution is 2.34. The number of hydrogen-bond donors (Lipinski definition) is 1. The Balaban J connectivity index is 1.59. The van der Waals surface area contributed by atoms with E-state index in [-0.39, 0.29) is 0 Å². The summed E-state index contributed by atoms with van der Waals surface area (Å²) in [6.45, 7) is 6.63. The van der Waals surface area contributed by atoms with Crippen LogP contribution in [0.2, 0.25) is 0 Å². The molecular formula is C19H20N6S. The summed E-state index contributed by atoms with van der Waals surface area (Å²) >= 11 is 1.44. The molecule has 0 bridgehead atoms. The summed E-state index contributed by atoms with van der Waals surface area (Å²) < 4.78 is 0. The van der Waals surface area contributed by atoms with Crippen molar-refractivity contribution in [1.29, 1.82) is 5.26 Å². The quantitative estimate of drug-likeness (QED) is 0.756. The first-order valence-electron chi connectivity index (χ1n) is 8.69. The second kappa shape index (κ2) is 6.61. The van der Waals surface area contributed by atoms with E-state index in [2.05, 4.69) is 40.0 Å². The Bertz CT molecular complexity index is 977. The molecular weight excluding hydrogens is 344 g/mol. The molecule has 1 saturated heterocycles. The van der Waals surface area contributed by atoms with Crippen molar-refractivity contribution in [3.05, 3.63) is 36.0 Å². The van der Waals surface area contributed by atoms with Crippen LogP contribution in [0.15, 0.2) is 40.4 Å². The maximum absolute atomic E-state index is 9.25. The molecule has 2 aromatic heterocycles. The Morgan fingerprint density at radius 2 is 2.00 bits per heavy atom. The average Bonchev–Trinajstić information content (AvgIpc) is 3.04. The lowest BCUT2D eigenvalue weighted by Crippen LogP contribution is -2.37. The number of rotatable bonds is 3. The van der Waals surface area contributed by atoms with Gasteiger partial charge in [-0.25, -0.2) is 9.97 Å². The van der Waals surface area contributed by atoms with Crippen molar-refractivity contribution in [3.63, 3.8) is 0 Å². The normalized spacial score (nSPS) is 16.6. The summed E-state index contributed by atoms with van der Waals surface area (Å²) in [6.07, 6.45) is 4.14. The van der Waals surface area contributed by atoms with E-state index in [9.17, 15) is 5.26 Å². The van der Waals surface area contributed by atoms with Crippen LogP contribution in [0.1, 0.15) is 32.3 Å². The van der Waals surface area contributed by atoms with Crippen LogP contribution in [0.4, 0.5) is 5.82 Å². The number of nitriles is 1. The highest BCUT2D eigenvalue weighted by molar-refractivity contribution is 7.99. The molecule has 1 N–H and O–H groups in total. The minimum Gasteiger partial charge on any atom is -0.355 e. The fraction of sp³-hybridized carbons (Fsp3) is 0.368. The second-order valence-electron chi connectivity index (χ2n) is 7.32. The van der Waals surface area contributed by atoms with Crippen LogP contribution in [-0.4, -0.2) is 33.3 Å². The minimum atomic E-state index is 0.403. The molecule has 0 atom stereocenters. The number of anilines is 1. The van der Waals surface area contributed by atoms with Gasteiger partial charge in [-0.05, 0) is 30.4 Å². The Labute approximate surface area is 156 Å². The van der Waals surface area contributed by atoms with Crippen molar-refractivity contribution in [1.82, 2.24) is 20.2 Å². The molecule has 26 heavy (non-hydrogen) atoms. The molecule has 1 aliphatic heterocycles. The highest BCUT2D eigenvalue weighted by Gasteiger charge is 2.26. The fourth-order valence-electron chi connectivity index (χ4n) is 3.09. The molecule has 7 heteroatoms. The molecule has 0 unspecified atom stereocenters. The number of aromatic amines is 1. The van der Waals surface area contributed by atoms with Gasteiger partial charge in [-0.3, -0.25) is 5.10 Å². The molecule has 1 fully saturated rings. The second-order valence-corrected chi connectivity index (χ2v) is 8.35. The summed E-state index contributed by atoms with van der Waals surface area (Å²) in [4.78, 5) is 12.5. The van der Waals surface area contributed by atoms with Gasteiger partial charge in [0.1, 0.15) is 17.4 Å². The zero-order chi connectivity index (χ0) is 18.1. The third-order valence-corrected chi connectivity index (χ3v) is 5.93. The number of nitrogens with one attached hydrogen (secondary N) is 1. The number of fused-ring (bicyclic) bond motifs is 1. The molecule has 4 rings (SSSR count). The number of H-pyrrole nitrogens is 1. The highest BCUT2D eigenvalue weighted by atomic mass is 32.2. The number of hydrogen-bond acceptors (Lipinski definition) is 6. The van der Waals surface area contributed by atoms with Crippen molar-refractivity contribution in [2.75, 3.05) is 18.0 Å². The number of benzene rings is 1. The van der Waals surface area contributed by atoms with E-state index in [1.54, 1.807) is 6.07 Å². The zero-order valence-corrected chi connectivity index (χ0v) is 15.7. The monoisotopic (exact) mass is 364 g/mol. The van der Waals surface area contributed by atoms with Crippen molar-refractivity contribution >= 4 is 28.7 Å². The largest absolute Gasteiger partial charge is 0.355 e. The van der Waals surface area contributed by atoms with E-state index in [1.165, 1.54) is 11.8 Å². The lowest BCUT2D eigenvalue weighted by atomic mass is 9.83. The first-order valence-corrected chi connectivity index (χ1v) is 9.50. The average molecular weight is 364 g/mol. The van der Waals surface area contributed by atoms with Gasteiger partial charge >= 0.3 is 0 Å². The van der Waals surface area contributed by atoms with Crippen LogP contribution in [0.25, 0.3) is 11.2 Å². The third kappa shape index (κ3) is 3.25. The smallest absolute Gasteiger partial charge is 0.177 e. The van der Waals surface area contributed by atoms with E-state index in [0.717, 1.165) is 47.2 Å². The van der Waals surface area contributed by atoms with Crippen molar-refractivity contribution < 1.29 is 0 Å². The lowest BCUT2D eigenvalue weighted by Gasteiger charge is -2.37. The van der Waals surface area contributed by atoms with Gasteiger partial charge in [-0.1, -0.05) is 37.7 Å². The van der Waals surface area contributed by atoms with E-state index in [1.807, 2.05) is 24.4 Å². The van der Waals surface area contributed by atoms with Crippen molar-refractivity contribution in [2.24, 2.45) is 5.41 Å². The molecule has 132 valence electrons. The first kappa shape index (κ1) is 16.9. The van der Waals surface area contributed by atoms with E-state index in [0.29, 0.717) is 16.6 Å². The first-order chi connectivity index (χ1) is 12.6. The summed E-state index contributed by atoms with van der Waals surface area (Å²) in [7, 11) is 0. The van der Waals surface area contributed by atoms with Gasteiger partial charge in [0.2, 0.25) is 0 Å². The Hall–Kier alpha value is -2.59. The molecule has 0 saturated carbocycles. The Kier molecular flexibility index (Phi) is 4.29. The minimum absolute atomic E-state index is 0.403. The Morgan fingerprint density at radius 3 is 2.77 bits per heavy atom. The van der Waals surface area contributed by atoms with Gasteiger partial charge in [-0.2, -0.15) is 10.4 Å². The summed E-state index contributed by atoms with van der Waals surface area (Å²) in [5, 5.41) is 17.3. The van der Waals surface area contributed by atoms with Gasteiger partial charge < -0.3 is 4.90 Å². The molecule has 3 aromatic rings. The SMILES string of the molecule is CC1(C)CCN(c2cnc3c(Sc4ccccc4C#N)n[nH]c3n2)CC1. The van der Waals surface area contributed by atoms with Gasteiger partial charge in [-0.15, -0.1) is 0 Å². The zero-order valence-electron chi connectivity index (χ0n) is 14.9. The fourth-order valence-corrected chi connectivity index (χ4v) is 4.00. The van der Waals surface area contributed by atoms with Crippen molar-refractivity contribution in [3.8, 4) is 6.07 Å². The van der Waals surface area contributed by atoms with Crippen LogP contribution in [0.5, 0.6) is 0 Å². The van der Waals surface area contributed by atoms with E-state index >= 15 is 0 Å². The standard InChI is InChI=1S/C19H20N6S/c1-19(2)7-9-25(10-8-19)15-12-21-16-17(22-15)23-24-18(16)26-14-6-4-3-5-13(14)11-20/h3-6,12H,7-10H2,1-2H3,(H,22,23,24). The van der Waals surface area contributed by atoms with Crippen LogP contribution in [0.3, 0.4) is 0 Å². The molecule has 6 nitrogen and oxygen atoms in total. The van der Waals surface area contributed by atoms with Crippen LogP contribution in [-0.2, 0) is 0 Å². The maximum atomic E-state index is 9.25. The molecule has 0 radical (unpaired) electrons. The molecule has 0 amide bonds. The Morgan fingerprint density at radius 1 is 1.23 bits per heavy atom. The summed E-state index contributed by atoms with van der Waals surface area (Å²) in [6, 6.07) is 9.71. The van der Waals surface area contributed by atoms with Gasteiger partial charge in [0.25, 0.3) is 0 Å². The van der Waals surface area contributed by atoms with Crippen LogP contribution in [0, 0.1) is 16.7 Å². The molecule has 3 heterocycles. The summed E-state index contributed by atoms with van der Waals surface area (Å²) in [5.74, 6) is 0.894. The topological polar surface area (TPSA) is 81.5 Å². The number of aromatic nitrogens is 4. The predicted octanol–water partition coefficient (Wildman–Crippen LogP) is 4.00. The van der Waals surface area contributed by atoms with E-state index in [4.69, 9.17) is 4.98 Å². The van der Waals surface area contributed by atoms with E-state index < -0.39 is 0 Å². The predicted molar refractivity (Wildman–Crippen MR) is 102 cm³/mol. The van der Waals surface area contributed by atoms with Crippen LogP contribution < -0.4 is 4.90 Å². The lowest BCUT2D eigenvalue weighted by molar-refractivity contribution is 0.279. The molecule has 0 aliphatic carbocycles. The number of piperidine rings is 1.